The van der Waals surface area contributed by atoms with Gasteiger partial charge < -0.3 is 10.2 Å². The van der Waals surface area contributed by atoms with Gasteiger partial charge in [0.1, 0.15) is 5.82 Å². The molecule has 1 fully saturated rings. The maximum atomic E-state index is 12.5. The van der Waals surface area contributed by atoms with E-state index in [0.29, 0.717) is 31.8 Å². The summed E-state index contributed by atoms with van der Waals surface area (Å²) in [7, 11) is 0. The van der Waals surface area contributed by atoms with Gasteiger partial charge in [-0.3, -0.25) is 9.59 Å². The SMILES string of the molecule is CC(C)Cn1nccc1NC(=O)C1CCN(C(=O)C(C)(C)C)CC1. The fraction of sp³-hybridized carbons (Fsp3) is 0.722. The van der Waals surface area contributed by atoms with Crippen molar-refractivity contribution in [1.82, 2.24) is 14.7 Å². The van der Waals surface area contributed by atoms with E-state index in [0.717, 1.165) is 12.4 Å². The molecule has 2 rings (SSSR count). The third kappa shape index (κ3) is 4.58. The number of carbonyl (C=O) groups excluding carboxylic acids is 2. The first-order valence-electron chi connectivity index (χ1n) is 8.80. The number of nitrogens with zero attached hydrogens (tertiary/aromatic N) is 3. The van der Waals surface area contributed by atoms with Crippen molar-refractivity contribution in [2.24, 2.45) is 17.3 Å². The van der Waals surface area contributed by atoms with Gasteiger partial charge in [0.15, 0.2) is 0 Å². The predicted molar refractivity (Wildman–Crippen MR) is 94.5 cm³/mol. The summed E-state index contributed by atoms with van der Waals surface area (Å²) in [5.74, 6) is 1.37. The van der Waals surface area contributed by atoms with E-state index in [1.54, 1.807) is 6.20 Å². The van der Waals surface area contributed by atoms with E-state index in [1.807, 2.05) is 36.4 Å². The molecule has 6 nitrogen and oxygen atoms in total. The molecule has 0 unspecified atom stereocenters. The van der Waals surface area contributed by atoms with Gasteiger partial charge in [-0.1, -0.05) is 34.6 Å². The molecule has 2 amide bonds. The number of likely N-dealkylation sites (tertiary alicyclic amines) is 1. The monoisotopic (exact) mass is 334 g/mol. The number of piperidine rings is 1. The van der Waals surface area contributed by atoms with E-state index in [9.17, 15) is 9.59 Å². The van der Waals surface area contributed by atoms with E-state index >= 15 is 0 Å². The molecule has 0 aromatic carbocycles. The van der Waals surface area contributed by atoms with Crippen LogP contribution in [0.5, 0.6) is 0 Å². The van der Waals surface area contributed by atoms with Gasteiger partial charge in [-0.2, -0.15) is 5.10 Å². The Bertz CT molecular complexity index is 578. The van der Waals surface area contributed by atoms with Crippen LogP contribution in [0.1, 0.15) is 47.5 Å². The van der Waals surface area contributed by atoms with E-state index in [2.05, 4.69) is 24.3 Å². The first-order chi connectivity index (χ1) is 11.2. The zero-order chi connectivity index (χ0) is 17.9. The van der Waals surface area contributed by atoms with Crippen molar-refractivity contribution in [2.75, 3.05) is 18.4 Å². The zero-order valence-corrected chi connectivity index (χ0v) is 15.5. The van der Waals surface area contributed by atoms with E-state index in [-0.39, 0.29) is 23.1 Å². The minimum absolute atomic E-state index is 0.0309. The van der Waals surface area contributed by atoms with Crippen LogP contribution in [0.25, 0.3) is 0 Å². The highest BCUT2D eigenvalue weighted by Crippen LogP contribution is 2.24. The van der Waals surface area contributed by atoms with Gasteiger partial charge in [-0.25, -0.2) is 4.68 Å². The Labute approximate surface area is 144 Å². The highest BCUT2D eigenvalue weighted by molar-refractivity contribution is 5.92. The van der Waals surface area contributed by atoms with Crippen molar-refractivity contribution in [3.8, 4) is 0 Å². The second-order valence-corrected chi connectivity index (χ2v) is 8.10. The molecular weight excluding hydrogens is 304 g/mol. The summed E-state index contributed by atoms with van der Waals surface area (Å²) in [5, 5.41) is 7.26. The summed E-state index contributed by atoms with van der Waals surface area (Å²) in [6.07, 6.45) is 3.14. The number of carbonyl (C=O) groups is 2. The number of nitrogens with one attached hydrogen (secondary N) is 1. The summed E-state index contributed by atoms with van der Waals surface area (Å²) in [5.41, 5.74) is -0.363. The number of amides is 2. The summed E-state index contributed by atoms with van der Waals surface area (Å²) >= 11 is 0. The number of hydrogen-bond donors (Lipinski definition) is 1. The van der Waals surface area contributed by atoms with Gasteiger partial charge >= 0.3 is 0 Å². The highest BCUT2D eigenvalue weighted by atomic mass is 16.2. The fourth-order valence-corrected chi connectivity index (χ4v) is 2.98. The molecule has 2 heterocycles. The van der Waals surface area contributed by atoms with Crippen molar-refractivity contribution in [3.63, 3.8) is 0 Å². The molecule has 24 heavy (non-hydrogen) atoms. The lowest BCUT2D eigenvalue weighted by atomic mass is 9.90. The maximum absolute atomic E-state index is 12.5. The van der Waals surface area contributed by atoms with Crippen molar-refractivity contribution in [3.05, 3.63) is 12.3 Å². The maximum Gasteiger partial charge on any atom is 0.228 e. The molecule has 0 spiro atoms. The Hall–Kier alpha value is -1.85. The average molecular weight is 334 g/mol. The summed E-state index contributed by atoms with van der Waals surface area (Å²) < 4.78 is 1.83. The molecule has 1 N–H and O–H groups in total. The second kappa shape index (κ2) is 7.36. The molecule has 1 aliphatic rings. The van der Waals surface area contributed by atoms with Gasteiger partial charge in [0.25, 0.3) is 0 Å². The van der Waals surface area contributed by atoms with Crippen LogP contribution < -0.4 is 5.32 Å². The molecule has 0 aliphatic carbocycles. The quantitative estimate of drug-likeness (QED) is 0.920. The van der Waals surface area contributed by atoms with Crippen LogP contribution in [0.4, 0.5) is 5.82 Å². The molecule has 0 radical (unpaired) electrons. The lowest BCUT2D eigenvalue weighted by Crippen LogP contribution is -2.45. The molecule has 0 bridgehead atoms. The Morgan fingerprint density at radius 1 is 1.29 bits per heavy atom. The second-order valence-electron chi connectivity index (χ2n) is 8.10. The van der Waals surface area contributed by atoms with Crippen LogP contribution in [0.3, 0.4) is 0 Å². The molecule has 1 saturated heterocycles. The average Bonchev–Trinajstić information content (AvgIpc) is 2.92. The molecule has 0 atom stereocenters. The number of rotatable bonds is 4. The lowest BCUT2D eigenvalue weighted by Gasteiger charge is -2.35. The molecule has 1 aromatic heterocycles. The van der Waals surface area contributed by atoms with Crippen LogP contribution >= 0.6 is 0 Å². The van der Waals surface area contributed by atoms with Crippen molar-refractivity contribution in [1.29, 1.82) is 0 Å². The Balaban J connectivity index is 1.90. The largest absolute Gasteiger partial charge is 0.342 e. The van der Waals surface area contributed by atoms with Crippen LogP contribution in [-0.4, -0.2) is 39.6 Å². The molecular formula is C18H30N4O2. The number of anilines is 1. The summed E-state index contributed by atoms with van der Waals surface area (Å²) in [6.45, 7) is 12.1. The summed E-state index contributed by atoms with van der Waals surface area (Å²) in [6, 6.07) is 1.83. The van der Waals surface area contributed by atoms with Crippen LogP contribution in [-0.2, 0) is 16.1 Å². The fourth-order valence-electron chi connectivity index (χ4n) is 2.98. The van der Waals surface area contributed by atoms with Crippen molar-refractivity contribution in [2.45, 2.75) is 54.0 Å². The number of hydrogen-bond acceptors (Lipinski definition) is 3. The standard InChI is InChI=1S/C18H30N4O2/c1-13(2)12-22-15(6-9-19-22)20-16(23)14-7-10-21(11-8-14)17(24)18(3,4)5/h6,9,13-14H,7-8,10-12H2,1-5H3,(H,20,23). The molecule has 134 valence electrons. The normalized spacial score (nSPS) is 16.5. The third-order valence-corrected chi connectivity index (χ3v) is 4.30. The topological polar surface area (TPSA) is 67.2 Å². The van der Waals surface area contributed by atoms with Gasteiger partial charge in [-0.15, -0.1) is 0 Å². The van der Waals surface area contributed by atoms with Crippen LogP contribution in [0.2, 0.25) is 0 Å². The van der Waals surface area contributed by atoms with Gasteiger partial charge in [0.05, 0.1) is 6.20 Å². The predicted octanol–water partition coefficient (Wildman–Crippen LogP) is 2.76. The molecule has 1 aromatic rings. The number of aromatic nitrogens is 2. The van der Waals surface area contributed by atoms with Gasteiger partial charge in [0.2, 0.25) is 11.8 Å². The van der Waals surface area contributed by atoms with Crippen LogP contribution in [0, 0.1) is 17.3 Å². The molecule has 0 saturated carbocycles. The smallest absolute Gasteiger partial charge is 0.228 e. The van der Waals surface area contributed by atoms with Crippen molar-refractivity contribution < 1.29 is 9.59 Å². The minimum atomic E-state index is -0.363. The highest BCUT2D eigenvalue weighted by Gasteiger charge is 2.32. The summed E-state index contributed by atoms with van der Waals surface area (Å²) in [4.78, 5) is 26.7. The Kier molecular flexibility index (Phi) is 5.67. The van der Waals surface area contributed by atoms with Gasteiger partial charge in [0, 0.05) is 37.0 Å². The van der Waals surface area contributed by atoms with Crippen LogP contribution in [0.15, 0.2) is 12.3 Å². The van der Waals surface area contributed by atoms with E-state index < -0.39 is 0 Å². The minimum Gasteiger partial charge on any atom is -0.342 e. The molecule has 1 aliphatic heterocycles. The molecule has 6 heteroatoms. The van der Waals surface area contributed by atoms with Crippen molar-refractivity contribution >= 4 is 17.6 Å². The Morgan fingerprint density at radius 3 is 2.46 bits per heavy atom. The zero-order valence-electron chi connectivity index (χ0n) is 15.5. The Morgan fingerprint density at radius 2 is 1.92 bits per heavy atom. The van der Waals surface area contributed by atoms with E-state index in [4.69, 9.17) is 0 Å². The first kappa shape index (κ1) is 18.5. The first-order valence-corrected chi connectivity index (χ1v) is 8.80. The third-order valence-electron chi connectivity index (χ3n) is 4.30. The lowest BCUT2D eigenvalue weighted by molar-refractivity contribution is -0.142. The van der Waals surface area contributed by atoms with E-state index in [1.165, 1.54) is 0 Å². The van der Waals surface area contributed by atoms with Gasteiger partial charge in [-0.05, 0) is 18.8 Å².